The Balaban J connectivity index is 1.94. The number of likely N-dealkylation sites (tertiary alicyclic amines) is 1. The number of anilines is 1. The minimum atomic E-state index is 0.641. The molecule has 78 valence electrons. The second kappa shape index (κ2) is 4.32. The van der Waals surface area contributed by atoms with Crippen molar-refractivity contribution in [1.82, 2.24) is 4.90 Å². The zero-order valence-corrected chi connectivity index (χ0v) is 9.73. The Bertz CT molecular complexity index is 295. The summed E-state index contributed by atoms with van der Waals surface area (Å²) in [5.74, 6) is 0. The lowest BCUT2D eigenvalue weighted by molar-refractivity contribution is 0.261. The van der Waals surface area contributed by atoms with Crippen molar-refractivity contribution in [2.24, 2.45) is 0 Å². The van der Waals surface area contributed by atoms with E-state index in [2.05, 4.69) is 34.9 Å². The van der Waals surface area contributed by atoms with Gasteiger partial charge < -0.3 is 10.2 Å². The average Bonchev–Trinajstić information content (AvgIpc) is 2.52. The van der Waals surface area contributed by atoms with Gasteiger partial charge in [0.2, 0.25) is 0 Å². The maximum atomic E-state index is 3.63. The number of aryl methyl sites for hydroxylation is 1. The summed E-state index contributed by atoms with van der Waals surface area (Å²) in [6.45, 7) is 4.60. The zero-order chi connectivity index (χ0) is 9.97. The maximum Gasteiger partial charge on any atom is 0.0481 e. The van der Waals surface area contributed by atoms with E-state index in [9.17, 15) is 0 Å². The molecule has 0 amide bonds. The van der Waals surface area contributed by atoms with Gasteiger partial charge in [-0.2, -0.15) is 0 Å². The normalized spacial score (nSPS) is 23.7. The fraction of sp³-hybridized carbons (Fsp3) is 0.636. The van der Waals surface area contributed by atoms with Crippen LogP contribution in [0.25, 0.3) is 0 Å². The molecule has 2 heterocycles. The molecule has 3 heteroatoms. The standard InChI is InChI=1S/C11H18N2S/c1-9-7-14-8-11(9)12-10-4-3-5-13(2)6-10/h7-8,10,12H,3-6H2,1-2H3. The largest absolute Gasteiger partial charge is 0.380 e. The van der Waals surface area contributed by atoms with Crippen molar-refractivity contribution < 1.29 is 0 Å². The highest BCUT2D eigenvalue weighted by molar-refractivity contribution is 7.08. The third-order valence-electron chi connectivity index (χ3n) is 2.84. The SMILES string of the molecule is Cc1cscc1NC1CCCN(C)C1. The number of nitrogens with one attached hydrogen (secondary N) is 1. The van der Waals surface area contributed by atoms with Gasteiger partial charge in [-0.05, 0) is 44.3 Å². The molecule has 2 rings (SSSR count). The first-order valence-corrected chi connectivity index (χ1v) is 6.18. The minimum Gasteiger partial charge on any atom is -0.380 e. The zero-order valence-electron chi connectivity index (χ0n) is 8.92. The van der Waals surface area contributed by atoms with Crippen molar-refractivity contribution in [3.8, 4) is 0 Å². The van der Waals surface area contributed by atoms with Crippen LogP contribution in [0.4, 0.5) is 5.69 Å². The number of nitrogens with zero attached hydrogens (tertiary/aromatic N) is 1. The van der Waals surface area contributed by atoms with Crippen LogP contribution >= 0.6 is 11.3 Å². The van der Waals surface area contributed by atoms with E-state index in [4.69, 9.17) is 0 Å². The van der Waals surface area contributed by atoms with Gasteiger partial charge >= 0.3 is 0 Å². The van der Waals surface area contributed by atoms with Gasteiger partial charge in [-0.15, -0.1) is 11.3 Å². The average molecular weight is 210 g/mol. The lowest BCUT2D eigenvalue weighted by Crippen LogP contribution is -2.39. The summed E-state index contributed by atoms with van der Waals surface area (Å²) in [5, 5.41) is 8.04. The van der Waals surface area contributed by atoms with Crippen LogP contribution in [-0.4, -0.2) is 31.1 Å². The smallest absolute Gasteiger partial charge is 0.0481 e. The fourth-order valence-corrected chi connectivity index (χ4v) is 2.80. The van der Waals surface area contributed by atoms with Gasteiger partial charge in [-0.25, -0.2) is 0 Å². The molecular formula is C11H18N2S. The topological polar surface area (TPSA) is 15.3 Å². The molecule has 0 bridgehead atoms. The molecule has 1 atom stereocenters. The number of hydrogen-bond acceptors (Lipinski definition) is 3. The van der Waals surface area contributed by atoms with E-state index < -0.39 is 0 Å². The Hall–Kier alpha value is -0.540. The molecule has 2 nitrogen and oxygen atoms in total. The molecule has 1 saturated heterocycles. The van der Waals surface area contributed by atoms with Crippen molar-refractivity contribution in [2.75, 3.05) is 25.5 Å². The van der Waals surface area contributed by atoms with Gasteiger partial charge in [0, 0.05) is 23.7 Å². The first-order valence-electron chi connectivity index (χ1n) is 5.23. The third kappa shape index (κ3) is 2.28. The van der Waals surface area contributed by atoms with E-state index in [1.807, 2.05) is 0 Å². The summed E-state index contributed by atoms with van der Waals surface area (Å²) in [6, 6.07) is 0.641. The predicted octanol–water partition coefficient (Wildman–Crippen LogP) is 2.56. The number of thiophene rings is 1. The molecule has 0 aromatic carbocycles. The van der Waals surface area contributed by atoms with Crippen molar-refractivity contribution in [3.05, 3.63) is 16.3 Å². The van der Waals surface area contributed by atoms with Crippen LogP contribution in [0.5, 0.6) is 0 Å². The molecule has 1 fully saturated rings. The Kier molecular flexibility index (Phi) is 3.08. The molecule has 1 aliphatic rings. The lowest BCUT2D eigenvalue weighted by atomic mass is 10.1. The van der Waals surface area contributed by atoms with E-state index in [0.29, 0.717) is 6.04 Å². The summed E-state index contributed by atoms with van der Waals surface area (Å²) in [7, 11) is 2.20. The highest BCUT2D eigenvalue weighted by atomic mass is 32.1. The van der Waals surface area contributed by atoms with Crippen LogP contribution in [0.3, 0.4) is 0 Å². The molecule has 0 aliphatic carbocycles. The van der Waals surface area contributed by atoms with Gasteiger partial charge in [0.05, 0.1) is 0 Å². The molecular weight excluding hydrogens is 192 g/mol. The third-order valence-corrected chi connectivity index (χ3v) is 3.70. The van der Waals surface area contributed by atoms with E-state index >= 15 is 0 Å². The summed E-state index contributed by atoms with van der Waals surface area (Å²) in [4.78, 5) is 2.41. The predicted molar refractivity (Wildman–Crippen MR) is 63.2 cm³/mol. The van der Waals surface area contributed by atoms with Crippen molar-refractivity contribution in [1.29, 1.82) is 0 Å². The highest BCUT2D eigenvalue weighted by Gasteiger charge is 2.17. The van der Waals surface area contributed by atoms with Gasteiger partial charge in [0.15, 0.2) is 0 Å². The molecule has 0 radical (unpaired) electrons. The molecule has 0 spiro atoms. The van der Waals surface area contributed by atoms with Gasteiger partial charge in [-0.1, -0.05) is 0 Å². The van der Waals surface area contributed by atoms with Gasteiger partial charge in [0.1, 0.15) is 0 Å². The van der Waals surface area contributed by atoms with Gasteiger partial charge in [0.25, 0.3) is 0 Å². The summed E-state index contributed by atoms with van der Waals surface area (Å²) >= 11 is 1.78. The van der Waals surface area contributed by atoms with Gasteiger partial charge in [-0.3, -0.25) is 0 Å². The van der Waals surface area contributed by atoms with Crippen LogP contribution < -0.4 is 5.32 Å². The summed E-state index contributed by atoms with van der Waals surface area (Å²) in [5.41, 5.74) is 2.71. The first kappa shape index (κ1) is 9.99. The summed E-state index contributed by atoms with van der Waals surface area (Å²) in [6.07, 6.45) is 2.62. The van der Waals surface area contributed by atoms with E-state index in [0.717, 1.165) is 0 Å². The number of likely N-dealkylation sites (N-methyl/N-ethyl adjacent to an activating group) is 1. The molecule has 1 aliphatic heterocycles. The molecule has 14 heavy (non-hydrogen) atoms. The first-order chi connectivity index (χ1) is 6.75. The summed E-state index contributed by atoms with van der Waals surface area (Å²) < 4.78 is 0. The Labute approximate surface area is 89.9 Å². The number of hydrogen-bond donors (Lipinski definition) is 1. The minimum absolute atomic E-state index is 0.641. The second-order valence-electron chi connectivity index (χ2n) is 4.21. The van der Waals surface area contributed by atoms with Crippen LogP contribution in [0.1, 0.15) is 18.4 Å². The molecule has 1 N–H and O–H groups in total. The van der Waals surface area contributed by atoms with Crippen LogP contribution in [-0.2, 0) is 0 Å². The quantitative estimate of drug-likeness (QED) is 0.807. The maximum absolute atomic E-state index is 3.63. The van der Waals surface area contributed by atoms with Crippen molar-refractivity contribution in [3.63, 3.8) is 0 Å². The Morgan fingerprint density at radius 2 is 2.36 bits per heavy atom. The van der Waals surface area contributed by atoms with Crippen LogP contribution in [0.2, 0.25) is 0 Å². The number of rotatable bonds is 2. The van der Waals surface area contributed by atoms with Crippen molar-refractivity contribution >= 4 is 17.0 Å². The number of piperidine rings is 1. The Morgan fingerprint density at radius 1 is 1.50 bits per heavy atom. The molecule has 0 saturated carbocycles. The molecule has 1 aromatic heterocycles. The highest BCUT2D eigenvalue weighted by Crippen LogP contribution is 2.22. The van der Waals surface area contributed by atoms with Crippen LogP contribution in [0.15, 0.2) is 10.8 Å². The van der Waals surface area contributed by atoms with E-state index in [1.54, 1.807) is 11.3 Å². The van der Waals surface area contributed by atoms with E-state index in [1.165, 1.54) is 37.2 Å². The molecule has 1 unspecified atom stereocenters. The van der Waals surface area contributed by atoms with E-state index in [-0.39, 0.29) is 0 Å². The van der Waals surface area contributed by atoms with Crippen molar-refractivity contribution in [2.45, 2.75) is 25.8 Å². The Morgan fingerprint density at radius 3 is 3.00 bits per heavy atom. The second-order valence-corrected chi connectivity index (χ2v) is 4.96. The monoisotopic (exact) mass is 210 g/mol. The fourth-order valence-electron chi connectivity index (χ4n) is 2.01. The molecule has 1 aromatic rings. The lowest BCUT2D eigenvalue weighted by Gasteiger charge is -2.30. The van der Waals surface area contributed by atoms with Crippen LogP contribution in [0, 0.1) is 6.92 Å².